The summed E-state index contributed by atoms with van der Waals surface area (Å²) in [5, 5.41) is 11.1. The van der Waals surface area contributed by atoms with Gasteiger partial charge in [0.2, 0.25) is 0 Å². The molecule has 230 valence electrons. The Hall–Kier alpha value is -2.17. The molecule has 0 bridgehead atoms. The fourth-order valence-corrected chi connectivity index (χ4v) is 12.6. The van der Waals surface area contributed by atoms with Gasteiger partial charge in [-0.05, 0) is 135 Å². The number of ether oxygens (including phenoxy) is 1. The van der Waals surface area contributed by atoms with Gasteiger partial charge in [-0.3, -0.25) is 10.1 Å². The number of nitro groups is 1. The first-order valence-corrected chi connectivity index (χ1v) is 16.7. The van der Waals surface area contributed by atoms with Gasteiger partial charge in [-0.2, -0.15) is 0 Å². The van der Waals surface area contributed by atoms with Crippen molar-refractivity contribution in [3.8, 4) is 0 Å². The van der Waals surface area contributed by atoms with Crippen LogP contribution in [-0.2, 0) is 4.74 Å². The molecule has 42 heavy (non-hydrogen) atoms. The summed E-state index contributed by atoms with van der Waals surface area (Å²) in [5.74, 6) is 3.07. The minimum absolute atomic E-state index is 0.0142. The first-order chi connectivity index (χ1) is 19.6. The summed E-state index contributed by atoms with van der Waals surface area (Å²) in [6.45, 7) is 22.0. The molecule has 0 amide bonds. The molecule has 0 aromatic heterocycles. The Labute approximate surface area is 253 Å². The molecule has 5 heteroatoms. The molecule has 5 aliphatic rings. The van der Waals surface area contributed by atoms with Gasteiger partial charge in [0, 0.05) is 17.5 Å². The lowest BCUT2D eigenvalue weighted by atomic mass is 9.32. The largest absolute Gasteiger partial charge is 0.458 e. The summed E-state index contributed by atoms with van der Waals surface area (Å²) >= 11 is 0. The molecule has 10 atom stereocenters. The van der Waals surface area contributed by atoms with E-state index in [2.05, 4.69) is 55.0 Å². The van der Waals surface area contributed by atoms with E-state index in [9.17, 15) is 14.9 Å². The maximum Gasteiger partial charge on any atom is 0.338 e. The van der Waals surface area contributed by atoms with Gasteiger partial charge in [-0.25, -0.2) is 4.79 Å². The van der Waals surface area contributed by atoms with Crippen LogP contribution in [0.2, 0.25) is 0 Å². The van der Waals surface area contributed by atoms with E-state index in [1.54, 1.807) is 0 Å². The molecule has 1 aromatic rings. The topological polar surface area (TPSA) is 69.4 Å². The summed E-state index contributed by atoms with van der Waals surface area (Å²) < 4.78 is 6.23. The second kappa shape index (κ2) is 9.66. The number of nitrogens with zero attached hydrogens (tertiary/aromatic N) is 1. The number of non-ortho nitro benzene ring substituents is 1. The Kier molecular flexibility index (Phi) is 6.88. The van der Waals surface area contributed by atoms with Crippen molar-refractivity contribution in [1.82, 2.24) is 0 Å². The third-order valence-corrected chi connectivity index (χ3v) is 15.0. The van der Waals surface area contributed by atoms with E-state index >= 15 is 0 Å². The van der Waals surface area contributed by atoms with Crippen molar-refractivity contribution < 1.29 is 14.5 Å². The van der Waals surface area contributed by atoms with Crippen LogP contribution in [0.15, 0.2) is 36.4 Å². The molecule has 5 fully saturated rings. The molecule has 5 nitrogen and oxygen atoms in total. The lowest BCUT2D eigenvalue weighted by molar-refractivity contribution is -0.384. The molecule has 0 spiro atoms. The highest BCUT2D eigenvalue weighted by molar-refractivity contribution is 5.89. The number of hydrogen-bond donors (Lipinski definition) is 0. The smallest absolute Gasteiger partial charge is 0.338 e. The minimum atomic E-state index is -0.441. The molecule has 0 saturated heterocycles. The van der Waals surface area contributed by atoms with Crippen LogP contribution in [0.5, 0.6) is 0 Å². The summed E-state index contributed by atoms with van der Waals surface area (Å²) in [6, 6.07) is 5.81. The Bertz CT molecular complexity index is 1280. The van der Waals surface area contributed by atoms with E-state index in [0.29, 0.717) is 39.6 Å². The third-order valence-electron chi connectivity index (χ3n) is 15.0. The first kappa shape index (κ1) is 29.9. The zero-order chi connectivity index (χ0) is 30.5. The van der Waals surface area contributed by atoms with Crippen LogP contribution in [-0.4, -0.2) is 17.0 Å². The lowest BCUT2D eigenvalue weighted by Crippen LogP contribution is -2.66. The van der Waals surface area contributed by atoms with E-state index in [4.69, 9.17) is 4.74 Å². The monoisotopic (exact) mass is 575 g/mol. The van der Waals surface area contributed by atoms with E-state index in [1.165, 1.54) is 81.2 Å². The summed E-state index contributed by atoms with van der Waals surface area (Å²) in [5.41, 5.74) is 3.04. The van der Waals surface area contributed by atoms with E-state index in [0.717, 1.165) is 24.7 Å². The van der Waals surface area contributed by atoms with Gasteiger partial charge in [0.05, 0.1) is 10.5 Å². The standard InChI is InChI=1S/C37H53NO4/c1-23(2)26-15-18-34(5)21-22-36(7)27(31(26)34)13-14-29-35(6)19-17-30(33(3,4)28(35)16-20-37(29,36)8)42-32(39)24-9-11-25(12-10-24)38(40)41/h9-12,26-31H,1,13-22H2,2-8H3/t26-,27+,28-,29+,30-,31+,34+,35-,36+,37+/m0/s1. The SMILES string of the molecule is C=C(C)[C@@H]1CC[C@]2(C)CC[C@]3(C)[C@H](CC[C@@H]4[C@@]5(C)CC[C@H](OC(=O)c6ccc([N+](=O)[O-])cc6)C(C)(C)[C@@H]5CC[C@]43C)[C@@H]12. The predicted octanol–water partition coefficient (Wildman–Crippen LogP) is 9.80. The predicted molar refractivity (Wildman–Crippen MR) is 167 cm³/mol. The molecule has 0 radical (unpaired) electrons. The lowest BCUT2D eigenvalue weighted by Gasteiger charge is -2.73. The zero-order valence-corrected chi connectivity index (χ0v) is 27.1. The van der Waals surface area contributed by atoms with Crippen molar-refractivity contribution in [2.24, 2.45) is 56.7 Å². The van der Waals surface area contributed by atoms with Crippen molar-refractivity contribution in [2.75, 3.05) is 0 Å². The summed E-state index contributed by atoms with van der Waals surface area (Å²) in [6.07, 6.45) is 12.4. The molecule has 5 aliphatic carbocycles. The van der Waals surface area contributed by atoms with E-state index in [-0.39, 0.29) is 28.6 Å². The fourth-order valence-electron chi connectivity index (χ4n) is 12.6. The molecule has 0 N–H and O–H groups in total. The molecule has 5 saturated carbocycles. The van der Waals surface area contributed by atoms with Gasteiger partial charge in [0.15, 0.2) is 0 Å². The quantitative estimate of drug-likeness (QED) is 0.155. The van der Waals surface area contributed by atoms with Crippen molar-refractivity contribution >= 4 is 11.7 Å². The van der Waals surface area contributed by atoms with Gasteiger partial charge < -0.3 is 4.74 Å². The first-order valence-electron chi connectivity index (χ1n) is 16.7. The van der Waals surface area contributed by atoms with Gasteiger partial charge >= 0.3 is 5.97 Å². The van der Waals surface area contributed by atoms with E-state index < -0.39 is 4.92 Å². The van der Waals surface area contributed by atoms with E-state index in [1.807, 2.05) is 0 Å². The fraction of sp³-hybridized carbons (Fsp3) is 0.757. The van der Waals surface area contributed by atoms with Crippen LogP contribution in [0.3, 0.4) is 0 Å². The highest BCUT2D eigenvalue weighted by Gasteiger charge is 2.70. The molecule has 0 heterocycles. The number of benzene rings is 1. The van der Waals surface area contributed by atoms with Gasteiger partial charge in [-0.1, -0.05) is 53.7 Å². The van der Waals surface area contributed by atoms with Crippen LogP contribution in [0.25, 0.3) is 0 Å². The van der Waals surface area contributed by atoms with Crippen molar-refractivity contribution in [3.05, 3.63) is 52.1 Å². The third kappa shape index (κ3) is 4.03. The number of allylic oxidation sites excluding steroid dienone is 1. The van der Waals surface area contributed by atoms with Crippen LogP contribution in [0.4, 0.5) is 5.69 Å². The zero-order valence-electron chi connectivity index (χ0n) is 27.1. The molecule has 0 aliphatic heterocycles. The maximum absolute atomic E-state index is 13.2. The molecule has 6 rings (SSSR count). The number of hydrogen-bond acceptors (Lipinski definition) is 4. The van der Waals surface area contributed by atoms with Crippen LogP contribution in [0.1, 0.15) is 123 Å². The minimum Gasteiger partial charge on any atom is -0.458 e. The number of nitro benzene ring substituents is 1. The maximum atomic E-state index is 13.2. The summed E-state index contributed by atoms with van der Waals surface area (Å²) in [4.78, 5) is 23.8. The molecular weight excluding hydrogens is 522 g/mol. The molecular formula is C37H53NO4. The highest BCUT2D eigenvalue weighted by atomic mass is 16.6. The average molecular weight is 576 g/mol. The number of fused-ring (bicyclic) bond motifs is 7. The van der Waals surface area contributed by atoms with Crippen molar-refractivity contribution in [3.63, 3.8) is 0 Å². The molecule has 1 aromatic carbocycles. The highest BCUT2D eigenvalue weighted by Crippen LogP contribution is 2.77. The van der Waals surface area contributed by atoms with Crippen molar-refractivity contribution in [1.29, 1.82) is 0 Å². The van der Waals surface area contributed by atoms with Gasteiger partial charge in [0.1, 0.15) is 6.10 Å². The second-order valence-electron chi connectivity index (χ2n) is 16.9. The normalized spacial score (nSPS) is 45.5. The Morgan fingerprint density at radius 3 is 2.19 bits per heavy atom. The number of rotatable bonds is 4. The van der Waals surface area contributed by atoms with Crippen LogP contribution in [0, 0.1) is 66.8 Å². The van der Waals surface area contributed by atoms with Crippen LogP contribution >= 0.6 is 0 Å². The second-order valence-corrected chi connectivity index (χ2v) is 16.9. The Balaban J connectivity index is 1.25. The Morgan fingerprint density at radius 1 is 0.857 bits per heavy atom. The summed E-state index contributed by atoms with van der Waals surface area (Å²) in [7, 11) is 0. The van der Waals surface area contributed by atoms with Gasteiger partial charge in [-0.15, -0.1) is 0 Å². The number of esters is 1. The number of carbonyl (C=O) groups excluding carboxylic acids is 1. The van der Waals surface area contributed by atoms with Gasteiger partial charge in [0.25, 0.3) is 5.69 Å². The Morgan fingerprint density at radius 2 is 1.55 bits per heavy atom. The molecule has 0 unspecified atom stereocenters. The van der Waals surface area contributed by atoms with Crippen LogP contribution < -0.4 is 0 Å². The van der Waals surface area contributed by atoms with Crippen molar-refractivity contribution in [2.45, 2.75) is 119 Å². The number of carbonyl (C=O) groups is 1. The average Bonchev–Trinajstić information content (AvgIpc) is 3.28.